The van der Waals surface area contributed by atoms with Gasteiger partial charge in [-0.2, -0.15) is 0 Å². The van der Waals surface area contributed by atoms with Crippen molar-refractivity contribution >= 4 is 6.09 Å². The fourth-order valence-corrected chi connectivity index (χ4v) is 1.88. The van der Waals surface area contributed by atoms with Crippen LogP contribution in [0.15, 0.2) is 0 Å². The highest BCUT2D eigenvalue weighted by Crippen LogP contribution is 2.13. The van der Waals surface area contributed by atoms with Crippen molar-refractivity contribution < 1.29 is 9.53 Å². The molecule has 1 amide bonds. The second-order valence-electron chi connectivity index (χ2n) is 5.58. The Balaban J connectivity index is 2.42. The molecular weight excluding hydrogens is 204 g/mol. The Morgan fingerprint density at radius 1 is 1.44 bits per heavy atom. The topological polar surface area (TPSA) is 50.4 Å². The summed E-state index contributed by atoms with van der Waals surface area (Å²) in [7, 11) is 0. The molecule has 1 aliphatic rings. The summed E-state index contributed by atoms with van der Waals surface area (Å²) in [6.45, 7) is 9.79. The highest BCUT2D eigenvalue weighted by Gasteiger charge is 2.24. The number of nitrogens with one attached hydrogen (secondary N) is 2. The van der Waals surface area contributed by atoms with Crippen LogP contribution < -0.4 is 10.6 Å². The van der Waals surface area contributed by atoms with Crippen LogP contribution in [0.5, 0.6) is 0 Å². The van der Waals surface area contributed by atoms with E-state index in [1.807, 2.05) is 20.8 Å². The third-order valence-electron chi connectivity index (χ3n) is 2.72. The molecule has 0 aromatic carbocycles. The summed E-state index contributed by atoms with van der Waals surface area (Å²) in [6.07, 6.45) is 1.82. The van der Waals surface area contributed by atoms with Crippen molar-refractivity contribution in [3.05, 3.63) is 0 Å². The Morgan fingerprint density at radius 2 is 2.12 bits per heavy atom. The number of rotatable bonds is 1. The van der Waals surface area contributed by atoms with Gasteiger partial charge in [0, 0.05) is 6.04 Å². The zero-order valence-electron chi connectivity index (χ0n) is 10.8. The van der Waals surface area contributed by atoms with Gasteiger partial charge in [-0.3, -0.25) is 0 Å². The molecule has 0 radical (unpaired) electrons. The first-order valence-corrected chi connectivity index (χ1v) is 6.09. The van der Waals surface area contributed by atoms with Crippen LogP contribution in [0.3, 0.4) is 0 Å². The van der Waals surface area contributed by atoms with Crippen molar-refractivity contribution in [2.75, 3.05) is 13.1 Å². The number of ether oxygens (including phenoxy) is 1. The van der Waals surface area contributed by atoms with Gasteiger partial charge >= 0.3 is 6.09 Å². The summed E-state index contributed by atoms with van der Waals surface area (Å²) in [4.78, 5) is 11.6. The Kier molecular flexibility index (Phi) is 4.59. The van der Waals surface area contributed by atoms with Crippen LogP contribution in [0.1, 0.15) is 40.5 Å². The quantitative estimate of drug-likeness (QED) is 0.720. The molecule has 0 aromatic rings. The first kappa shape index (κ1) is 13.3. The smallest absolute Gasteiger partial charge is 0.407 e. The minimum atomic E-state index is -0.420. The maximum Gasteiger partial charge on any atom is 0.407 e. The highest BCUT2D eigenvalue weighted by atomic mass is 16.6. The first-order valence-electron chi connectivity index (χ1n) is 6.09. The number of hydrogen-bond acceptors (Lipinski definition) is 3. The maximum absolute atomic E-state index is 11.6. The van der Waals surface area contributed by atoms with E-state index in [1.165, 1.54) is 0 Å². The molecule has 1 unspecified atom stereocenters. The monoisotopic (exact) mass is 228 g/mol. The third-order valence-corrected chi connectivity index (χ3v) is 2.72. The molecule has 94 valence electrons. The second kappa shape index (κ2) is 5.53. The standard InChI is InChI=1S/C12H24N2O2/c1-9-8-13-7-5-6-10(9)14-11(15)16-12(2,3)4/h9-10,13H,5-8H2,1-4H3,(H,14,15)/t9?,10-/m1/s1. The zero-order valence-corrected chi connectivity index (χ0v) is 10.8. The average Bonchev–Trinajstić information content (AvgIpc) is 2.29. The summed E-state index contributed by atoms with van der Waals surface area (Å²) in [6, 6.07) is 0.227. The Labute approximate surface area is 98.1 Å². The molecule has 0 spiro atoms. The zero-order chi connectivity index (χ0) is 12.2. The van der Waals surface area contributed by atoms with Gasteiger partial charge in [-0.05, 0) is 52.6 Å². The van der Waals surface area contributed by atoms with Gasteiger partial charge in [0.25, 0.3) is 0 Å². The lowest BCUT2D eigenvalue weighted by Gasteiger charge is -2.25. The predicted octanol–water partition coefficient (Wildman–Crippen LogP) is 1.90. The third kappa shape index (κ3) is 4.84. The van der Waals surface area contributed by atoms with E-state index in [-0.39, 0.29) is 12.1 Å². The molecule has 1 fully saturated rings. The van der Waals surface area contributed by atoms with Crippen molar-refractivity contribution in [3.8, 4) is 0 Å². The molecule has 4 nitrogen and oxygen atoms in total. The SMILES string of the molecule is CC1CNCCC[C@H]1NC(=O)OC(C)(C)C. The molecule has 1 rings (SSSR count). The number of amides is 1. The largest absolute Gasteiger partial charge is 0.444 e. The number of carbonyl (C=O) groups is 1. The van der Waals surface area contributed by atoms with Gasteiger partial charge in [0.2, 0.25) is 0 Å². The van der Waals surface area contributed by atoms with Crippen molar-refractivity contribution in [3.63, 3.8) is 0 Å². The molecule has 2 N–H and O–H groups in total. The Morgan fingerprint density at radius 3 is 2.75 bits per heavy atom. The van der Waals surface area contributed by atoms with E-state index in [0.717, 1.165) is 25.9 Å². The molecule has 0 aromatic heterocycles. The predicted molar refractivity (Wildman–Crippen MR) is 64.4 cm³/mol. The van der Waals surface area contributed by atoms with E-state index >= 15 is 0 Å². The average molecular weight is 228 g/mol. The molecule has 4 heteroatoms. The van der Waals surface area contributed by atoms with E-state index in [2.05, 4.69) is 17.6 Å². The molecule has 1 aliphatic heterocycles. The highest BCUT2D eigenvalue weighted by molar-refractivity contribution is 5.68. The number of hydrogen-bond donors (Lipinski definition) is 2. The summed E-state index contributed by atoms with van der Waals surface area (Å²) in [5.74, 6) is 0.454. The Hall–Kier alpha value is -0.770. The summed E-state index contributed by atoms with van der Waals surface area (Å²) >= 11 is 0. The lowest BCUT2D eigenvalue weighted by atomic mass is 9.99. The van der Waals surface area contributed by atoms with Crippen molar-refractivity contribution in [1.29, 1.82) is 0 Å². The van der Waals surface area contributed by atoms with Crippen LogP contribution in [0.2, 0.25) is 0 Å². The van der Waals surface area contributed by atoms with E-state index in [0.29, 0.717) is 5.92 Å². The lowest BCUT2D eigenvalue weighted by molar-refractivity contribution is 0.0487. The fraction of sp³-hybridized carbons (Fsp3) is 0.917. The van der Waals surface area contributed by atoms with Crippen molar-refractivity contribution in [2.45, 2.75) is 52.2 Å². The van der Waals surface area contributed by atoms with Crippen LogP contribution in [-0.2, 0) is 4.74 Å². The van der Waals surface area contributed by atoms with E-state index in [9.17, 15) is 4.79 Å². The van der Waals surface area contributed by atoms with Gasteiger partial charge in [0.05, 0.1) is 0 Å². The minimum Gasteiger partial charge on any atom is -0.444 e. The minimum absolute atomic E-state index is 0.227. The van der Waals surface area contributed by atoms with Gasteiger partial charge in [-0.25, -0.2) is 4.79 Å². The van der Waals surface area contributed by atoms with Crippen LogP contribution in [0, 0.1) is 5.92 Å². The number of alkyl carbamates (subject to hydrolysis) is 1. The van der Waals surface area contributed by atoms with Crippen LogP contribution in [0.4, 0.5) is 4.79 Å². The van der Waals surface area contributed by atoms with Crippen LogP contribution >= 0.6 is 0 Å². The van der Waals surface area contributed by atoms with E-state index in [1.54, 1.807) is 0 Å². The van der Waals surface area contributed by atoms with Crippen molar-refractivity contribution in [2.24, 2.45) is 5.92 Å². The van der Waals surface area contributed by atoms with Gasteiger partial charge in [-0.15, -0.1) is 0 Å². The van der Waals surface area contributed by atoms with E-state index < -0.39 is 5.60 Å². The normalized spacial score (nSPS) is 27.0. The van der Waals surface area contributed by atoms with Crippen molar-refractivity contribution in [1.82, 2.24) is 10.6 Å². The number of carbonyl (C=O) groups excluding carboxylic acids is 1. The Bertz CT molecular complexity index is 236. The van der Waals surface area contributed by atoms with Gasteiger partial charge in [-0.1, -0.05) is 6.92 Å². The molecule has 1 saturated heterocycles. The molecule has 0 saturated carbocycles. The first-order chi connectivity index (χ1) is 7.38. The van der Waals surface area contributed by atoms with Gasteiger partial charge in [0.1, 0.15) is 5.60 Å². The molecule has 16 heavy (non-hydrogen) atoms. The summed E-state index contributed by atoms with van der Waals surface area (Å²) < 4.78 is 5.26. The second-order valence-corrected chi connectivity index (χ2v) is 5.58. The van der Waals surface area contributed by atoms with Crippen LogP contribution in [-0.4, -0.2) is 30.8 Å². The van der Waals surface area contributed by atoms with E-state index in [4.69, 9.17) is 4.74 Å². The van der Waals surface area contributed by atoms with Gasteiger partial charge < -0.3 is 15.4 Å². The molecule has 1 heterocycles. The molecule has 0 aliphatic carbocycles. The molecule has 2 atom stereocenters. The van der Waals surface area contributed by atoms with Crippen LogP contribution in [0.25, 0.3) is 0 Å². The lowest BCUT2D eigenvalue weighted by Crippen LogP contribution is -2.43. The summed E-state index contributed by atoms with van der Waals surface area (Å²) in [5.41, 5.74) is -0.420. The molecule has 0 bridgehead atoms. The fourth-order valence-electron chi connectivity index (χ4n) is 1.88. The van der Waals surface area contributed by atoms with Gasteiger partial charge in [0.15, 0.2) is 0 Å². The summed E-state index contributed by atoms with van der Waals surface area (Å²) in [5, 5.41) is 6.32. The molecular formula is C12H24N2O2. The maximum atomic E-state index is 11.6.